The van der Waals surface area contributed by atoms with Crippen LogP contribution >= 0.6 is 0 Å². The number of esters is 2. The van der Waals surface area contributed by atoms with Gasteiger partial charge in [0.25, 0.3) is 0 Å². The summed E-state index contributed by atoms with van der Waals surface area (Å²) in [5.41, 5.74) is 0.279. The summed E-state index contributed by atoms with van der Waals surface area (Å²) in [5, 5.41) is 20.1. The van der Waals surface area contributed by atoms with Crippen molar-refractivity contribution in [3.05, 3.63) is 82.4 Å². The Balaban J connectivity index is 2.48. The van der Waals surface area contributed by atoms with Gasteiger partial charge in [0.15, 0.2) is 0 Å². The monoisotopic (exact) mass is 448 g/mol. The van der Waals surface area contributed by atoms with Gasteiger partial charge in [-0.05, 0) is 47.4 Å². The second kappa shape index (κ2) is 9.35. The fourth-order valence-corrected chi connectivity index (χ4v) is 3.77. The number of aromatic carboxylic acids is 2. The van der Waals surface area contributed by atoms with E-state index in [1.165, 1.54) is 45.4 Å². The average Bonchev–Trinajstić information content (AvgIpc) is 2.82. The molecular formula is C25H20O8. The Kier molecular flexibility index (Phi) is 6.58. The fourth-order valence-electron chi connectivity index (χ4n) is 3.77. The third-order valence-electron chi connectivity index (χ3n) is 5.26. The van der Waals surface area contributed by atoms with Crippen molar-refractivity contribution in [2.75, 3.05) is 14.2 Å². The van der Waals surface area contributed by atoms with E-state index in [2.05, 4.69) is 0 Å². The molecule has 2 N–H and O–H groups in total. The lowest BCUT2D eigenvalue weighted by molar-refractivity contribution is 0.0592. The summed E-state index contributed by atoms with van der Waals surface area (Å²) in [6.07, 6.45) is 0. The van der Waals surface area contributed by atoms with Crippen LogP contribution < -0.4 is 0 Å². The largest absolute Gasteiger partial charge is 0.478 e. The van der Waals surface area contributed by atoms with Crippen LogP contribution in [0.2, 0.25) is 0 Å². The Morgan fingerprint density at radius 3 is 1.64 bits per heavy atom. The topological polar surface area (TPSA) is 127 Å². The molecule has 0 heterocycles. The van der Waals surface area contributed by atoms with Gasteiger partial charge in [-0.3, -0.25) is 0 Å². The van der Waals surface area contributed by atoms with Crippen LogP contribution in [0, 0.1) is 6.92 Å². The molecule has 0 bridgehead atoms. The maximum atomic E-state index is 12.4. The number of hydrogen-bond donors (Lipinski definition) is 2. The highest BCUT2D eigenvalue weighted by Gasteiger charge is 2.29. The molecule has 0 aliphatic rings. The second-order valence-electron chi connectivity index (χ2n) is 7.03. The number of carboxylic acids is 2. The number of rotatable bonds is 6. The Hall–Kier alpha value is -4.46. The van der Waals surface area contributed by atoms with Crippen molar-refractivity contribution in [1.82, 2.24) is 0 Å². The van der Waals surface area contributed by atoms with E-state index in [0.717, 1.165) is 0 Å². The highest BCUT2D eigenvalue weighted by molar-refractivity contribution is 6.11. The summed E-state index contributed by atoms with van der Waals surface area (Å²) in [7, 11) is 2.39. The molecule has 0 amide bonds. The molecular weight excluding hydrogens is 428 g/mol. The first-order valence-electron chi connectivity index (χ1n) is 9.72. The van der Waals surface area contributed by atoms with Gasteiger partial charge in [0.05, 0.1) is 36.5 Å². The number of ether oxygens (including phenoxy) is 2. The summed E-state index contributed by atoms with van der Waals surface area (Å²) in [5.74, 6) is -4.18. The van der Waals surface area contributed by atoms with E-state index in [1.54, 1.807) is 30.3 Å². The van der Waals surface area contributed by atoms with Crippen molar-refractivity contribution in [2.24, 2.45) is 0 Å². The zero-order chi connectivity index (χ0) is 24.3. The van der Waals surface area contributed by atoms with Crippen molar-refractivity contribution in [2.45, 2.75) is 6.92 Å². The molecule has 0 saturated heterocycles. The van der Waals surface area contributed by atoms with Crippen LogP contribution in [0.3, 0.4) is 0 Å². The van der Waals surface area contributed by atoms with Gasteiger partial charge in [-0.25, -0.2) is 19.2 Å². The third-order valence-corrected chi connectivity index (χ3v) is 5.26. The average molecular weight is 448 g/mol. The van der Waals surface area contributed by atoms with E-state index < -0.39 is 23.9 Å². The number of carbonyl (C=O) groups is 4. The summed E-state index contributed by atoms with van der Waals surface area (Å²) in [6, 6.07) is 13.6. The Bertz CT molecular complexity index is 1290. The van der Waals surface area contributed by atoms with Crippen molar-refractivity contribution in [3.8, 4) is 22.3 Å². The van der Waals surface area contributed by atoms with Crippen molar-refractivity contribution < 1.29 is 38.9 Å². The minimum Gasteiger partial charge on any atom is -0.478 e. The van der Waals surface area contributed by atoms with Gasteiger partial charge in [-0.1, -0.05) is 36.4 Å². The predicted octanol–water partition coefficient (Wildman–Crippen LogP) is 4.30. The Labute approximate surface area is 189 Å². The molecule has 8 heteroatoms. The SMILES string of the molecule is COC(=O)c1ccccc1-c1cc(C(=O)O)c(-c2ccccc2C(=O)OC)c(C(=O)O)c1C. The standard InChI is InChI=1S/C25H20O8/c1-13-18(14-8-4-6-10-16(14)24(30)32-2)12-19(22(26)27)21(20(13)23(28)29)15-9-5-7-11-17(15)25(31)33-3/h4-12H,1-3H3,(H,26,27)(H,28,29). The molecule has 0 radical (unpaired) electrons. The molecule has 3 aromatic carbocycles. The summed E-state index contributed by atoms with van der Waals surface area (Å²) >= 11 is 0. The Morgan fingerprint density at radius 2 is 1.15 bits per heavy atom. The number of carboxylic acid groups (broad SMARTS) is 2. The number of carbonyl (C=O) groups excluding carboxylic acids is 2. The van der Waals surface area contributed by atoms with E-state index in [4.69, 9.17) is 9.47 Å². The van der Waals surface area contributed by atoms with Gasteiger partial charge in [0, 0.05) is 5.56 Å². The molecule has 0 saturated carbocycles. The summed E-state index contributed by atoms with van der Waals surface area (Å²) in [4.78, 5) is 49.3. The molecule has 8 nitrogen and oxygen atoms in total. The van der Waals surface area contributed by atoms with E-state index in [9.17, 15) is 29.4 Å². The minimum atomic E-state index is -1.40. The number of methoxy groups -OCH3 is 2. The molecule has 0 aliphatic heterocycles. The van der Waals surface area contributed by atoms with Crippen molar-refractivity contribution in [1.29, 1.82) is 0 Å². The van der Waals surface area contributed by atoms with Gasteiger partial charge in [-0.15, -0.1) is 0 Å². The maximum Gasteiger partial charge on any atom is 0.338 e. The minimum absolute atomic E-state index is 0.0205. The van der Waals surface area contributed by atoms with E-state index in [1.807, 2.05) is 0 Å². The predicted molar refractivity (Wildman–Crippen MR) is 119 cm³/mol. The smallest absolute Gasteiger partial charge is 0.338 e. The van der Waals surface area contributed by atoms with Crippen LogP contribution in [-0.2, 0) is 9.47 Å². The van der Waals surface area contributed by atoms with Gasteiger partial charge in [0.2, 0.25) is 0 Å². The zero-order valence-electron chi connectivity index (χ0n) is 18.0. The third kappa shape index (κ3) is 4.18. The molecule has 0 aromatic heterocycles. The van der Waals surface area contributed by atoms with Crippen LogP contribution in [0.15, 0.2) is 54.6 Å². The van der Waals surface area contributed by atoms with Crippen LogP contribution in [0.1, 0.15) is 47.0 Å². The van der Waals surface area contributed by atoms with Crippen LogP contribution in [0.5, 0.6) is 0 Å². The molecule has 3 aromatic rings. The first-order chi connectivity index (χ1) is 15.7. The van der Waals surface area contributed by atoms with Gasteiger partial charge < -0.3 is 19.7 Å². The highest BCUT2D eigenvalue weighted by Crippen LogP contribution is 2.39. The molecule has 0 unspecified atom stereocenters. The van der Waals surface area contributed by atoms with Crippen LogP contribution in [0.25, 0.3) is 22.3 Å². The highest BCUT2D eigenvalue weighted by atomic mass is 16.5. The number of hydrogen-bond acceptors (Lipinski definition) is 6. The summed E-state index contributed by atoms with van der Waals surface area (Å²) in [6.45, 7) is 1.52. The first-order valence-corrected chi connectivity index (χ1v) is 9.72. The molecule has 168 valence electrons. The van der Waals surface area contributed by atoms with Gasteiger partial charge in [-0.2, -0.15) is 0 Å². The lowest BCUT2D eigenvalue weighted by Gasteiger charge is -2.19. The lowest BCUT2D eigenvalue weighted by Crippen LogP contribution is -2.14. The molecule has 3 rings (SSSR count). The molecule has 0 spiro atoms. The maximum absolute atomic E-state index is 12.4. The van der Waals surface area contributed by atoms with Crippen LogP contribution in [0.4, 0.5) is 0 Å². The van der Waals surface area contributed by atoms with Crippen LogP contribution in [-0.4, -0.2) is 48.3 Å². The quantitative estimate of drug-likeness (QED) is 0.535. The van der Waals surface area contributed by atoms with E-state index in [0.29, 0.717) is 5.56 Å². The van der Waals surface area contributed by atoms with Crippen molar-refractivity contribution >= 4 is 23.9 Å². The normalized spacial score (nSPS) is 10.4. The van der Waals surface area contributed by atoms with Gasteiger partial charge in [0.1, 0.15) is 0 Å². The summed E-state index contributed by atoms with van der Waals surface area (Å²) < 4.78 is 9.61. The lowest BCUT2D eigenvalue weighted by atomic mass is 9.83. The molecule has 33 heavy (non-hydrogen) atoms. The zero-order valence-corrected chi connectivity index (χ0v) is 18.0. The van der Waals surface area contributed by atoms with Gasteiger partial charge >= 0.3 is 23.9 Å². The molecule has 0 aliphatic carbocycles. The van der Waals surface area contributed by atoms with E-state index in [-0.39, 0.29) is 44.5 Å². The molecule has 0 atom stereocenters. The fraction of sp³-hybridized carbons (Fsp3) is 0.120. The van der Waals surface area contributed by atoms with Crippen molar-refractivity contribution in [3.63, 3.8) is 0 Å². The Morgan fingerprint density at radius 1 is 0.667 bits per heavy atom. The van der Waals surface area contributed by atoms with E-state index >= 15 is 0 Å². The first kappa shape index (κ1) is 23.2. The second-order valence-corrected chi connectivity index (χ2v) is 7.03. The number of benzene rings is 3. The molecule has 0 fully saturated rings.